The highest BCUT2D eigenvalue weighted by atomic mass is 79.9. The summed E-state index contributed by atoms with van der Waals surface area (Å²) in [6.45, 7) is 0. The Morgan fingerprint density at radius 1 is 1.20 bits per heavy atom. The smallest absolute Gasteiger partial charge is 0.0453 e. The number of halogens is 3. The van der Waals surface area contributed by atoms with Crippen molar-refractivity contribution in [3.8, 4) is 0 Å². The minimum absolute atomic E-state index is 0.0577. The van der Waals surface area contributed by atoms with Gasteiger partial charge in [-0.1, -0.05) is 29.3 Å². The predicted octanol–water partition coefficient (Wildman–Crippen LogP) is 3.77. The van der Waals surface area contributed by atoms with Gasteiger partial charge in [-0.15, -0.1) is 0 Å². The van der Waals surface area contributed by atoms with Gasteiger partial charge in [0.05, 0.1) is 0 Å². The molecular weight excluding hydrogens is 361 g/mol. The first-order valence-corrected chi connectivity index (χ1v) is 7.64. The summed E-state index contributed by atoms with van der Waals surface area (Å²) in [6, 6.07) is 9.48. The van der Waals surface area contributed by atoms with E-state index in [0.29, 0.717) is 16.5 Å². The van der Waals surface area contributed by atoms with Crippen LogP contribution in [0.1, 0.15) is 11.3 Å². The maximum Gasteiger partial charge on any atom is 0.0453 e. The van der Waals surface area contributed by atoms with E-state index in [1.165, 1.54) is 0 Å². The van der Waals surface area contributed by atoms with Gasteiger partial charge in [-0.05, 0) is 52.2 Å². The summed E-state index contributed by atoms with van der Waals surface area (Å²) < 4.78 is 0.958. The van der Waals surface area contributed by atoms with Crippen molar-refractivity contribution in [1.82, 2.24) is 10.4 Å². The summed E-state index contributed by atoms with van der Waals surface area (Å²) in [4.78, 5) is 4.35. The van der Waals surface area contributed by atoms with E-state index < -0.39 is 0 Å². The number of nitrogens with zero attached hydrogens (tertiary/aromatic N) is 1. The van der Waals surface area contributed by atoms with Gasteiger partial charge in [0.2, 0.25) is 0 Å². The first-order chi connectivity index (χ1) is 9.58. The molecule has 1 aromatic heterocycles. The Morgan fingerprint density at radius 2 is 2.00 bits per heavy atom. The molecule has 20 heavy (non-hydrogen) atoms. The predicted molar refractivity (Wildman–Crippen MR) is 86.9 cm³/mol. The van der Waals surface area contributed by atoms with Gasteiger partial charge in [-0.3, -0.25) is 16.3 Å². The first-order valence-electron chi connectivity index (χ1n) is 6.09. The molecule has 0 bridgehead atoms. The topological polar surface area (TPSA) is 50.9 Å². The van der Waals surface area contributed by atoms with Gasteiger partial charge in [-0.2, -0.15) is 0 Å². The van der Waals surface area contributed by atoms with Crippen LogP contribution in [-0.2, 0) is 12.8 Å². The number of rotatable bonds is 5. The number of benzene rings is 1. The summed E-state index contributed by atoms with van der Waals surface area (Å²) in [5, 5.41) is 1.28. The lowest BCUT2D eigenvalue weighted by Crippen LogP contribution is -2.38. The Balaban J connectivity index is 2.07. The van der Waals surface area contributed by atoms with E-state index in [2.05, 4.69) is 26.3 Å². The van der Waals surface area contributed by atoms with Crippen molar-refractivity contribution in [3.63, 3.8) is 0 Å². The van der Waals surface area contributed by atoms with Crippen LogP contribution in [0.2, 0.25) is 10.0 Å². The van der Waals surface area contributed by atoms with Crippen LogP contribution in [0.3, 0.4) is 0 Å². The lowest BCUT2D eigenvalue weighted by atomic mass is 10.0. The minimum atomic E-state index is 0.0577. The van der Waals surface area contributed by atoms with E-state index in [1.807, 2.05) is 24.3 Å². The van der Waals surface area contributed by atoms with Crippen LogP contribution < -0.4 is 11.3 Å². The Hall–Kier alpha value is -0.650. The number of pyridine rings is 1. The lowest BCUT2D eigenvalue weighted by Gasteiger charge is -2.16. The van der Waals surface area contributed by atoms with Crippen LogP contribution in [0.15, 0.2) is 41.0 Å². The molecule has 106 valence electrons. The average molecular weight is 375 g/mol. The van der Waals surface area contributed by atoms with E-state index in [4.69, 9.17) is 29.0 Å². The molecule has 0 spiro atoms. The van der Waals surface area contributed by atoms with Gasteiger partial charge in [-0.25, -0.2) is 0 Å². The normalized spacial score (nSPS) is 12.4. The van der Waals surface area contributed by atoms with E-state index >= 15 is 0 Å². The molecule has 0 saturated heterocycles. The van der Waals surface area contributed by atoms with Gasteiger partial charge in [0, 0.05) is 38.9 Å². The fourth-order valence-electron chi connectivity index (χ4n) is 1.92. The van der Waals surface area contributed by atoms with Crippen molar-refractivity contribution in [2.75, 3.05) is 0 Å². The molecule has 3 N–H and O–H groups in total. The Bertz CT molecular complexity index is 575. The lowest BCUT2D eigenvalue weighted by molar-refractivity contribution is 0.517. The SMILES string of the molecule is NNC(Cc1ccc(Br)cn1)Cc1ccc(Cl)cc1Cl. The standard InChI is InChI=1S/C14H14BrCl2N3/c15-10-2-4-12(19-8-10)7-13(20-18)5-9-1-3-11(16)6-14(9)17/h1-4,6,8,13,20H,5,7,18H2. The molecule has 0 saturated carbocycles. The molecule has 0 amide bonds. The minimum Gasteiger partial charge on any atom is -0.271 e. The van der Waals surface area contributed by atoms with Crippen LogP contribution in [0.4, 0.5) is 0 Å². The van der Waals surface area contributed by atoms with Crippen LogP contribution in [0.5, 0.6) is 0 Å². The highest BCUT2D eigenvalue weighted by Gasteiger charge is 2.12. The molecule has 0 aliphatic rings. The zero-order valence-corrected chi connectivity index (χ0v) is 13.7. The summed E-state index contributed by atoms with van der Waals surface area (Å²) >= 11 is 15.4. The molecule has 3 nitrogen and oxygen atoms in total. The molecule has 1 unspecified atom stereocenters. The van der Waals surface area contributed by atoms with Gasteiger partial charge in [0.1, 0.15) is 0 Å². The quantitative estimate of drug-likeness (QED) is 0.618. The number of hydrogen-bond acceptors (Lipinski definition) is 3. The van der Waals surface area contributed by atoms with Crippen molar-refractivity contribution in [3.05, 3.63) is 62.3 Å². The van der Waals surface area contributed by atoms with Crippen molar-refractivity contribution in [1.29, 1.82) is 0 Å². The maximum absolute atomic E-state index is 6.18. The highest BCUT2D eigenvalue weighted by molar-refractivity contribution is 9.10. The molecule has 2 aromatic rings. The van der Waals surface area contributed by atoms with Gasteiger partial charge >= 0.3 is 0 Å². The molecule has 1 aromatic carbocycles. The number of hydrazine groups is 1. The second-order valence-electron chi connectivity index (χ2n) is 4.48. The van der Waals surface area contributed by atoms with Crippen LogP contribution in [0.25, 0.3) is 0 Å². The van der Waals surface area contributed by atoms with Crippen LogP contribution in [-0.4, -0.2) is 11.0 Å². The molecular formula is C14H14BrCl2N3. The van der Waals surface area contributed by atoms with Crippen molar-refractivity contribution in [2.45, 2.75) is 18.9 Å². The summed E-state index contributed by atoms with van der Waals surface area (Å²) in [7, 11) is 0. The van der Waals surface area contributed by atoms with E-state index in [1.54, 1.807) is 12.3 Å². The van der Waals surface area contributed by atoms with Crippen molar-refractivity contribution < 1.29 is 0 Å². The summed E-state index contributed by atoms with van der Waals surface area (Å²) in [6.07, 6.45) is 3.21. The second kappa shape index (κ2) is 7.38. The third kappa shape index (κ3) is 4.43. The van der Waals surface area contributed by atoms with Crippen molar-refractivity contribution in [2.24, 2.45) is 5.84 Å². The van der Waals surface area contributed by atoms with E-state index in [0.717, 1.165) is 22.2 Å². The fraction of sp³-hybridized carbons (Fsp3) is 0.214. The number of hydrogen-bond donors (Lipinski definition) is 2. The largest absolute Gasteiger partial charge is 0.271 e. The van der Waals surface area contributed by atoms with Gasteiger partial charge in [0.15, 0.2) is 0 Å². The molecule has 0 aliphatic carbocycles. The fourth-order valence-corrected chi connectivity index (χ4v) is 2.64. The van der Waals surface area contributed by atoms with Crippen molar-refractivity contribution >= 4 is 39.1 Å². The van der Waals surface area contributed by atoms with Crippen LogP contribution >= 0.6 is 39.1 Å². The second-order valence-corrected chi connectivity index (χ2v) is 6.23. The summed E-state index contributed by atoms with van der Waals surface area (Å²) in [5.41, 5.74) is 4.80. The van der Waals surface area contributed by atoms with E-state index in [9.17, 15) is 0 Å². The van der Waals surface area contributed by atoms with E-state index in [-0.39, 0.29) is 6.04 Å². The van der Waals surface area contributed by atoms with Gasteiger partial charge < -0.3 is 0 Å². The average Bonchev–Trinajstić information content (AvgIpc) is 2.43. The van der Waals surface area contributed by atoms with Crippen LogP contribution in [0, 0.1) is 0 Å². The molecule has 0 fully saturated rings. The number of nitrogens with one attached hydrogen (secondary N) is 1. The zero-order valence-electron chi connectivity index (χ0n) is 10.6. The molecule has 1 atom stereocenters. The molecule has 0 radical (unpaired) electrons. The maximum atomic E-state index is 6.18. The zero-order chi connectivity index (χ0) is 14.5. The number of aromatic nitrogens is 1. The molecule has 2 rings (SSSR count). The molecule has 0 aliphatic heterocycles. The van der Waals surface area contributed by atoms with Gasteiger partial charge in [0.25, 0.3) is 0 Å². The Kier molecular flexibility index (Phi) is 5.81. The Morgan fingerprint density at radius 3 is 2.60 bits per heavy atom. The molecule has 1 heterocycles. The highest BCUT2D eigenvalue weighted by Crippen LogP contribution is 2.22. The molecule has 6 heteroatoms. The monoisotopic (exact) mass is 373 g/mol. The number of nitrogens with two attached hydrogens (primary N) is 1. The summed E-state index contributed by atoms with van der Waals surface area (Å²) in [5.74, 6) is 5.62. The third-order valence-corrected chi connectivity index (χ3v) is 4.02. The first kappa shape index (κ1) is 15.7. The third-order valence-electron chi connectivity index (χ3n) is 2.96. The Labute approximate surface area is 136 Å².